The molecule has 0 saturated carbocycles. The summed E-state index contributed by atoms with van der Waals surface area (Å²) in [5.74, 6) is -0.615. The molecule has 0 aliphatic rings. The zero-order valence-corrected chi connectivity index (χ0v) is 4.65. The number of rotatable bonds is 2. The van der Waals surface area contributed by atoms with Crippen LogP contribution in [0.1, 0.15) is 35.3 Å². The summed E-state index contributed by atoms with van der Waals surface area (Å²) in [6, 6.07) is -2.56. The summed E-state index contributed by atoms with van der Waals surface area (Å²) in [6.45, 7) is 0.185. The van der Waals surface area contributed by atoms with Crippen LogP contribution >= 0.6 is 0 Å². The molecule has 0 rings (SSSR count). The molecule has 0 aliphatic heterocycles. The van der Waals surface area contributed by atoms with E-state index in [2.05, 4.69) is 0 Å². The number of hydrogen-bond donors (Lipinski definition) is 1. The van der Waals surface area contributed by atoms with E-state index in [1.54, 1.807) is 0 Å². The third kappa shape index (κ3) is 5.96. The second-order valence-electron chi connectivity index (χ2n) is 1.71. The van der Waals surface area contributed by atoms with Crippen LogP contribution in [0.5, 0.6) is 0 Å². The van der Waals surface area contributed by atoms with Gasteiger partial charge in [-0.2, -0.15) is 0 Å². The first-order chi connectivity index (χ1) is 5.44. The van der Waals surface area contributed by atoms with Crippen molar-refractivity contribution in [3.05, 3.63) is 0 Å². The van der Waals surface area contributed by atoms with Crippen LogP contribution in [-0.2, 0) is 0 Å². The van der Waals surface area contributed by atoms with Crippen LogP contribution in [0.15, 0.2) is 0 Å². The van der Waals surface area contributed by atoms with E-state index in [0.29, 0.717) is 0 Å². The van der Waals surface area contributed by atoms with Gasteiger partial charge in [-0.1, -0.05) is 13.8 Å². The molecule has 44 valence electrons. The molecule has 1 atom stereocenters. The Labute approximate surface area is 54.3 Å². The Morgan fingerprint density at radius 3 is 2.71 bits per heavy atom. The molecule has 1 heteroatoms. The minimum absolute atomic E-state index is 0.615. The molecule has 0 aliphatic carbocycles. The highest BCUT2D eigenvalue weighted by Gasteiger charge is 1.95. The van der Waals surface area contributed by atoms with Gasteiger partial charge in [-0.25, -0.2) is 0 Å². The summed E-state index contributed by atoms with van der Waals surface area (Å²) in [5.41, 5.74) is 5.20. The smallest absolute Gasteiger partial charge is 0.0460 e. The van der Waals surface area contributed by atoms with Gasteiger partial charge < -0.3 is 5.73 Å². The molecular weight excluding hydrogens is 86.1 g/mol. The van der Waals surface area contributed by atoms with Crippen LogP contribution in [-0.4, -0.2) is 6.02 Å². The largest absolute Gasteiger partial charge is 0.328 e. The van der Waals surface area contributed by atoms with Gasteiger partial charge in [0.05, 0.1) is 0 Å². The molecule has 0 radical (unpaired) electrons. The average Bonchev–Trinajstić information content (AvgIpc) is 1.84. The van der Waals surface area contributed by atoms with Crippen molar-refractivity contribution in [1.29, 1.82) is 0 Å². The molecular formula is C6H15N. The fourth-order valence-corrected chi connectivity index (χ4v) is 0.311. The zero-order valence-electron chi connectivity index (χ0n) is 10.7. The summed E-state index contributed by atoms with van der Waals surface area (Å²) in [5, 5.41) is 0. The monoisotopic (exact) mass is 107 g/mol. The normalized spacial score (nSPS) is 36.0. The van der Waals surface area contributed by atoms with E-state index in [-0.39, 0.29) is 0 Å². The third-order valence-corrected chi connectivity index (χ3v) is 0.444. The Hall–Kier alpha value is -0.0400. The van der Waals surface area contributed by atoms with Crippen LogP contribution < -0.4 is 5.73 Å². The van der Waals surface area contributed by atoms with E-state index in [1.807, 2.05) is 0 Å². The van der Waals surface area contributed by atoms with Gasteiger partial charge in [0.25, 0.3) is 0 Å². The van der Waals surface area contributed by atoms with Gasteiger partial charge in [0.2, 0.25) is 0 Å². The highest BCUT2D eigenvalue weighted by molar-refractivity contribution is 4.54. The minimum Gasteiger partial charge on any atom is -0.328 e. The number of hydrogen-bond acceptors (Lipinski definition) is 1. The molecule has 0 bridgehead atoms. The average molecular weight is 107 g/mol. The molecule has 1 nitrogen and oxygen atoms in total. The summed E-state index contributed by atoms with van der Waals surface area (Å²) < 4.78 is 43.1. The summed E-state index contributed by atoms with van der Waals surface area (Å²) in [6.07, 6.45) is -2.24. The molecule has 0 amide bonds. The van der Waals surface area contributed by atoms with Crippen molar-refractivity contribution >= 4 is 0 Å². The van der Waals surface area contributed by atoms with Gasteiger partial charge in [-0.3, -0.25) is 0 Å². The van der Waals surface area contributed by atoms with Crippen molar-refractivity contribution < 1.29 is 8.22 Å². The molecule has 0 spiro atoms. The first-order valence-corrected chi connectivity index (χ1v) is 2.23. The van der Waals surface area contributed by atoms with Crippen molar-refractivity contribution in [2.45, 2.75) is 33.1 Å². The zero-order chi connectivity index (χ0) is 11.1. The molecule has 0 heterocycles. The molecule has 0 aromatic heterocycles. The van der Waals surface area contributed by atoms with Gasteiger partial charge in [-0.05, 0) is 19.1 Å². The molecule has 0 fully saturated rings. The van der Waals surface area contributed by atoms with Crippen molar-refractivity contribution in [2.24, 2.45) is 11.7 Å². The fraction of sp³-hybridized carbons (Fsp3) is 1.00. The van der Waals surface area contributed by atoms with Crippen LogP contribution in [0.2, 0.25) is 0 Å². The highest BCUT2D eigenvalue weighted by atomic mass is 14.6. The minimum atomic E-state index is -2.82. The Kier molecular flexibility index (Phi) is 0.747. The van der Waals surface area contributed by atoms with Gasteiger partial charge >= 0.3 is 0 Å². The second-order valence-corrected chi connectivity index (χ2v) is 1.71. The molecule has 2 N–H and O–H groups in total. The lowest BCUT2D eigenvalue weighted by Gasteiger charge is -2.05. The van der Waals surface area contributed by atoms with E-state index in [4.69, 9.17) is 14.0 Å². The Morgan fingerprint density at radius 1 is 2.00 bits per heavy atom. The van der Waals surface area contributed by atoms with Crippen molar-refractivity contribution in [1.82, 2.24) is 0 Å². The lowest BCUT2D eigenvalue weighted by atomic mass is 10.1. The lowest BCUT2D eigenvalue weighted by molar-refractivity contribution is 0.520. The highest BCUT2D eigenvalue weighted by Crippen LogP contribution is 2.00. The topological polar surface area (TPSA) is 26.0 Å². The van der Waals surface area contributed by atoms with Gasteiger partial charge in [0.1, 0.15) is 0 Å². The van der Waals surface area contributed by atoms with E-state index in [1.165, 1.54) is 13.8 Å². The van der Waals surface area contributed by atoms with Gasteiger partial charge in [0.15, 0.2) is 0 Å². The van der Waals surface area contributed by atoms with E-state index in [9.17, 15) is 0 Å². The molecule has 0 aromatic rings. The fourth-order valence-electron chi connectivity index (χ4n) is 0.311. The van der Waals surface area contributed by atoms with Gasteiger partial charge in [-0.15, -0.1) is 0 Å². The van der Waals surface area contributed by atoms with E-state index < -0.39 is 25.2 Å². The van der Waals surface area contributed by atoms with Crippen molar-refractivity contribution in [3.8, 4) is 0 Å². The number of nitrogens with two attached hydrogens (primary N) is 1. The van der Waals surface area contributed by atoms with E-state index >= 15 is 0 Å². The lowest BCUT2D eigenvalue weighted by Crippen LogP contribution is -2.16. The second kappa shape index (κ2) is 3.03. The maximum Gasteiger partial charge on any atom is 0.0460 e. The quantitative estimate of drug-likeness (QED) is 0.567. The third-order valence-electron chi connectivity index (χ3n) is 0.444. The van der Waals surface area contributed by atoms with Crippen LogP contribution in [0.4, 0.5) is 0 Å². The summed E-state index contributed by atoms with van der Waals surface area (Å²) >= 11 is 0. The van der Waals surface area contributed by atoms with Crippen LogP contribution in [0, 0.1) is 5.92 Å². The van der Waals surface area contributed by atoms with Crippen LogP contribution in [0.25, 0.3) is 0 Å². The first-order valence-electron chi connectivity index (χ1n) is 5.23. The van der Waals surface area contributed by atoms with Crippen molar-refractivity contribution in [2.75, 3.05) is 0 Å². The Morgan fingerprint density at radius 2 is 2.57 bits per heavy atom. The maximum atomic E-state index is 7.43. The predicted octanol–water partition coefficient (Wildman–Crippen LogP) is 1.38. The molecule has 7 heavy (non-hydrogen) atoms. The maximum absolute atomic E-state index is 7.43. The Bertz CT molecular complexity index is 182. The molecule has 1 unspecified atom stereocenters. The predicted molar refractivity (Wildman–Crippen MR) is 33.1 cm³/mol. The summed E-state index contributed by atoms with van der Waals surface area (Å²) in [4.78, 5) is 0. The van der Waals surface area contributed by atoms with E-state index in [0.717, 1.165) is 0 Å². The van der Waals surface area contributed by atoms with Crippen LogP contribution in [0.3, 0.4) is 0 Å². The van der Waals surface area contributed by atoms with Gasteiger partial charge in [0, 0.05) is 14.2 Å². The SMILES string of the molecule is [2H]C([2H])([2H])C([2H])(N)C([2H])([2H])C(C)C. The molecule has 0 saturated heterocycles. The summed E-state index contributed by atoms with van der Waals surface area (Å²) in [7, 11) is 0. The molecule has 0 aromatic carbocycles. The standard InChI is InChI=1S/C6H15N/c1-5(2)4-6(3)7/h5-6H,4,7H2,1-3H3/i3D3,4D2,6D. The first kappa shape index (κ1) is 1.73. The van der Waals surface area contributed by atoms with Crippen molar-refractivity contribution in [3.63, 3.8) is 0 Å². The Balaban J connectivity index is 5.04.